The number of rotatable bonds is 8. The second-order valence-electron chi connectivity index (χ2n) is 5.33. The Balaban J connectivity index is 2.18. The van der Waals surface area contributed by atoms with Crippen molar-refractivity contribution < 1.29 is 9.53 Å². The first-order valence-electron chi connectivity index (χ1n) is 7.05. The number of esters is 1. The van der Waals surface area contributed by atoms with Gasteiger partial charge in [-0.15, -0.1) is 0 Å². The van der Waals surface area contributed by atoms with Crippen LogP contribution in [0.25, 0.3) is 0 Å². The largest absolute Gasteiger partial charge is 0.465 e. The van der Waals surface area contributed by atoms with E-state index in [1.807, 2.05) is 30.3 Å². The molecule has 1 aromatic carbocycles. The number of nitrogens with two attached hydrogens (primary N) is 1. The highest BCUT2D eigenvalue weighted by atomic mass is 16.5. The number of ether oxygens (including phenoxy) is 1. The van der Waals surface area contributed by atoms with Gasteiger partial charge in [-0.3, -0.25) is 4.79 Å². The van der Waals surface area contributed by atoms with Gasteiger partial charge in [0.05, 0.1) is 6.61 Å². The Morgan fingerprint density at radius 1 is 1.21 bits per heavy atom. The van der Waals surface area contributed by atoms with Gasteiger partial charge in [0.2, 0.25) is 0 Å². The van der Waals surface area contributed by atoms with Crippen LogP contribution < -0.4 is 5.73 Å². The van der Waals surface area contributed by atoms with E-state index in [1.54, 1.807) is 0 Å². The van der Waals surface area contributed by atoms with E-state index in [2.05, 4.69) is 13.8 Å². The highest BCUT2D eigenvalue weighted by Gasteiger charge is 2.14. The van der Waals surface area contributed by atoms with Crippen LogP contribution in [-0.4, -0.2) is 18.6 Å². The third kappa shape index (κ3) is 6.97. The van der Waals surface area contributed by atoms with E-state index >= 15 is 0 Å². The minimum atomic E-state index is -0.515. The van der Waals surface area contributed by atoms with Gasteiger partial charge in [0, 0.05) is 0 Å². The lowest BCUT2D eigenvalue weighted by Gasteiger charge is -2.12. The van der Waals surface area contributed by atoms with E-state index in [-0.39, 0.29) is 5.97 Å². The molecule has 0 bridgehead atoms. The first kappa shape index (κ1) is 15.7. The fourth-order valence-corrected chi connectivity index (χ4v) is 1.86. The van der Waals surface area contributed by atoms with Crippen molar-refractivity contribution in [2.75, 3.05) is 6.61 Å². The van der Waals surface area contributed by atoms with Crippen LogP contribution in [0.5, 0.6) is 0 Å². The topological polar surface area (TPSA) is 52.3 Å². The van der Waals surface area contributed by atoms with E-state index < -0.39 is 6.04 Å². The lowest BCUT2D eigenvalue weighted by atomic mass is 10.1. The Kier molecular flexibility index (Phi) is 7.19. The van der Waals surface area contributed by atoms with Gasteiger partial charge in [0.1, 0.15) is 6.04 Å². The van der Waals surface area contributed by atoms with Gasteiger partial charge in [0.15, 0.2) is 0 Å². The lowest BCUT2D eigenvalue weighted by molar-refractivity contribution is -0.145. The zero-order chi connectivity index (χ0) is 14.1. The number of hydrogen-bond donors (Lipinski definition) is 1. The van der Waals surface area contributed by atoms with E-state index in [1.165, 1.54) is 5.56 Å². The maximum Gasteiger partial charge on any atom is 0.322 e. The molecule has 0 spiro atoms. The average molecular weight is 263 g/mol. The Labute approximate surface area is 116 Å². The maximum atomic E-state index is 11.7. The molecule has 0 fully saturated rings. The third-order valence-corrected chi connectivity index (χ3v) is 3.06. The summed E-state index contributed by atoms with van der Waals surface area (Å²) in [6.45, 7) is 4.80. The van der Waals surface area contributed by atoms with Crippen LogP contribution in [0.15, 0.2) is 30.3 Å². The van der Waals surface area contributed by atoms with Crippen LogP contribution >= 0.6 is 0 Å². The molecule has 1 atom stereocenters. The molecule has 0 aliphatic heterocycles. The van der Waals surface area contributed by atoms with E-state index in [0.717, 1.165) is 19.3 Å². The summed E-state index contributed by atoms with van der Waals surface area (Å²) < 4.78 is 5.18. The van der Waals surface area contributed by atoms with Crippen LogP contribution in [0.2, 0.25) is 0 Å². The molecule has 0 aliphatic rings. The van der Waals surface area contributed by atoms with Gasteiger partial charge in [-0.05, 0) is 37.2 Å². The molecule has 1 rings (SSSR count). The Morgan fingerprint density at radius 3 is 2.53 bits per heavy atom. The monoisotopic (exact) mass is 263 g/mol. The summed E-state index contributed by atoms with van der Waals surface area (Å²) in [6, 6.07) is 9.53. The summed E-state index contributed by atoms with van der Waals surface area (Å²) in [5.41, 5.74) is 7.03. The lowest BCUT2D eigenvalue weighted by Crippen LogP contribution is -2.33. The Morgan fingerprint density at radius 2 is 1.89 bits per heavy atom. The molecule has 3 nitrogen and oxygen atoms in total. The molecule has 0 amide bonds. The van der Waals surface area contributed by atoms with Gasteiger partial charge in [0.25, 0.3) is 0 Å². The Hall–Kier alpha value is -1.35. The molecule has 2 N–H and O–H groups in total. The minimum absolute atomic E-state index is 0.278. The second kappa shape index (κ2) is 8.70. The molecule has 0 aromatic heterocycles. The van der Waals surface area contributed by atoms with Crippen molar-refractivity contribution >= 4 is 5.97 Å². The summed E-state index contributed by atoms with van der Waals surface area (Å²) in [7, 11) is 0. The van der Waals surface area contributed by atoms with Crippen molar-refractivity contribution in [3.63, 3.8) is 0 Å². The molecule has 0 radical (unpaired) electrons. The standard InChI is InChI=1S/C16H25NO2/c1-13(2)7-6-12-19-16(18)15(17)11-10-14-8-4-3-5-9-14/h3-5,8-9,13,15H,6-7,10-12,17H2,1-2H3/t15-/m0/s1. The quantitative estimate of drug-likeness (QED) is 0.579. The fraction of sp³-hybridized carbons (Fsp3) is 0.562. The summed E-state index contributed by atoms with van der Waals surface area (Å²) in [6.07, 6.45) is 3.43. The van der Waals surface area contributed by atoms with Crippen molar-refractivity contribution in [1.29, 1.82) is 0 Å². The summed E-state index contributed by atoms with van der Waals surface area (Å²) in [5, 5.41) is 0. The average Bonchev–Trinajstić information content (AvgIpc) is 2.41. The zero-order valence-electron chi connectivity index (χ0n) is 12.0. The first-order chi connectivity index (χ1) is 9.09. The zero-order valence-corrected chi connectivity index (χ0v) is 12.0. The predicted octanol–water partition coefficient (Wildman–Crippen LogP) is 2.93. The highest BCUT2D eigenvalue weighted by Crippen LogP contribution is 2.06. The Bertz CT molecular complexity index is 362. The number of carbonyl (C=O) groups excluding carboxylic acids is 1. The summed E-state index contributed by atoms with van der Waals surface area (Å²) in [4.78, 5) is 11.7. The smallest absolute Gasteiger partial charge is 0.322 e. The fourth-order valence-electron chi connectivity index (χ4n) is 1.86. The van der Waals surface area contributed by atoms with Crippen LogP contribution in [0.4, 0.5) is 0 Å². The van der Waals surface area contributed by atoms with Gasteiger partial charge >= 0.3 is 5.97 Å². The number of benzene rings is 1. The van der Waals surface area contributed by atoms with Crippen molar-refractivity contribution in [2.24, 2.45) is 11.7 Å². The number of hydrogen-bond acceptors (Lipinski definition) is 3. The minimum Gasteiger partial charge on any atom is -0.465 e. The summed E-state index contributed by atoms with van der Waals surface area (Å²) >= 11 is 0. The molecule has 3 heteroatoms. The predicted molar refractivity (Wildman–Crippen MR) is 77.8 cm³/mol. The van der Waals surface area contributed by atoms with Gasteiger partial charge in [-0.2, -0.15) is 0 Å². The number of carbonyl (C=O) groups is 1. The molecule has 1 aromatic rings. The van der Waals surface area contributed by atoms with Crippen molar-refractivity contribution in [3.05, 3.63) is 35.9 Å². The van der Waals surface area contributed by atoms with Gasteiger partial charge in [-0.25, -0.2) is 0 Å². The van der Waals surface area contributed by atoms with Crippen LogP contribution in [0.1, 0.15) is 38.7 Å². The van der Waals surface area contributed by atoms with Crippen LogP contribution in [-0.2, 0) is 16.0 Å². The highest BCUT2D eigenvalue weighted by molar-refractivity contribution is 5.75. The summed E-state index contributed by atoms with van der Waals surface area (Å²) in [5.74, 6) is 0.366. The molecule has 0 unspecified atom stereocenters. The van der Waals surface area contributed by atoms with Crippen LogP contribution in [0, 0.1) is 5.92 Å². The second-order valence-corrected chi connectivity index (χ2v) is 5.33. The first-order valence-corrected chi connectivity index (χ1v) is 7.05. The SMILES string of the molecule is CC(C)CCCOC(=O)[C@@H](N)CCc1ccccc1. The molecular weight excluding hydrogens is 238 g/mol. The van der Waals surface area contributed by atoms with E-state index in [9.17, 15) is 4.79 Å². The normalized spacial score (nSPS) is 12.4. The maximum absolute atomic E-state index is 11.7. The molecule has 19 heavy (non-hydrogen) atoms. The van der Waals surface area contributed by atoms with E-state index in [0.29, 0.717) is 18.9 Å². The molecule has 106 valence electrons. The number of aryl methyl sites for hydroxylation is 1. The molecule has 0 heterocycles. The van der Waals surface area contributed by atoms with Crippen molar-refractivity contribution in [1.82, 2.24) is 0 Å². The molecule has 0 saturated heterocycles. The van der Waals surface area contributed by atoms with Crippen molar-refractivity contribution in [3.8, 4) is 0 Å². The molecule has 0 saturated carbocycles. The van der Waals surface area contributed by atoms with Gasteiger partial charge in [-0.1, -0.05) is 44.2 Å². The molecular formula is C16H25NO2. The van der Waals surface area contributed by atoms with Gasteiger partial charge < -0.3 is 10.5 Å². The van der Waals surface area contributed by atoms with Crippen LogP contribution in [0.3, 0.4) is 0 Å². The van der Waals surface area contributed by atoms with E-state index in [4.69, 9.17) is 10.5 Å². The molecule has 0 aliphatic carbocycles. The van der Waals surface area contributed by atoms with Crippen molar-refractivity contribution in [2.45, 2.75) is 45.6 Å². The third-order valence-electron chi connectivity index (χ3n) is 3.06.